The number of hydrogen-bond acceptors (Lipinski definition) is 7. The molecular weight excluding hydrogens is 378 g/mol. The molecule has 1 aromatic rings. The van der Waals surface area contributed by atoms with Gasteiger partial charge in [-0.15, -0.1) is 0 Å². The second-order valence-electron chi connectivity index (χ2n) is 8.38. The molecule has 0 aliphatic rings. The van der Waals surface area contributed by atoms with Crippen molar-refractivity contribution in [3.63, 3.8) is 0 Å². The molecule has 0 bridgehead atoms. The van der Waals surface area contributed by atoms with Crippen molar-refractivity contribution in [2.45, 2.75) is 52.4 Å². The quantitative estimate of drug-likeness (QED) is 0.245. The van der Waals surface area contributed by atoms with Gasteiger partial charge in [0.1, 0.15) is 11.5 Å². The molecule has 0 heterocycles. The number of benzene rings is 1. The van der Waals surface area contributed by atoms with Crippen molar-refractivity contribution in [3.8, 4) is 11.5 Å². The van der Waals surface area contributed by atoms with Crippen molar-refractivity contribution in [3.05, 3.63) is 53.1 Å². The summed E-state index contributed by atoms with van der Waals surface area (Å²) < 4.78 is 15.6. The first-order chi connectivity index (χ1) is 13.3. The molecule has 0 fully saturated rings. The van der Waals surface area contributed by atoms with Crippen LogP contribution < -0.4 is 14.7 Å². The number of rotatable bonds is 6. The van der Waals surface area contributed by atoms with Crippen LogP contribution in [0.15, 0.2) is 36.7 Å². The van der Waals surface area contributed by atoms with E-state index in [4.69, 9.17) is 14.7 Å². The predicted molar refractivity (Wildman–Crippen MR) is 107 cm³/mol. The molecule has 0 saturated carbocycles. The number of methoxy groups -OCH3 is 1. The Morgan fingerprint density at radius 2 is 1.48 bits per heavy atom. The zero-order chi connectivity index (χ0) is 22.4. The van der Waals surface area contributed by atoms with E-state index in [0.717, 1.165) is 29.5 Å². The first kappa shape index (κ1) is 24.4. The predicted octanol–water partition coefficient (Wildman–Crippen LogP) is 2.54. The molecule has 0 saturated heterocycles. The molecule has 160 valence electrons. The van der Waals surface area contributed by atoms with Crippen molar-refractivity contribution in [1.82, 2.24) is 0 Å². The van der Waals surface area contributed by atoms with Crippen LogP contribution in [-0.2, 0) is 25.2 Å². The Hall–Kier alpha value is -2.68. The van der Waals surface area contributed by atoms with E-state index in [1.54, 1.807) is 7.11 Å². The maximum absolute atomic E-state index is 12.4. The summed E-state index contributed by atoms with van der Waals surface area (Å²) >= 11 is 0. The summed E-state index contributed by atoms with van der Waals surface area (Å²) in [6.45, 7) is 12.0. The summed E-state index contributed by atoms with van der Waals surface area (Å²) in [5.41, 5.74) is 0.897. The topological polar surface area (TPSA) is 110 Å². The third-order valence-electron chi connectivity index (χ3n) is 3.87. The van der Waals surface area contributed by atoms with Gasteiger partial charge in [-0.2, -0.15) is 5.23 Å². The van der Waals surface area contributed by atoms with Crippen LogP contribution in [0.5, 0.6) is 11.5 Å². The number of esters is 2. The Labute approximate surface area is 170 Å². The van der Waals surface area contributed by atoms with E-state index < -0.39 is 17.2 Å². The molecule has 1 unspecified atom stereocenters. The first-order valence-corrected chi connectivity index (χ1v) is 8.98. The lowest BCUT2D eigenvalue weighted by molar-refractivity contribution is -1.00. The molecule has 1 aromatic carbocycles. The number of carbonyl (C=O) groups excluding carboxylic acids is 2. The highest BCUT2D eigenvalue weighted by Gasteiger charge is 2.29. The lowest BCUT2D eigenvalue weighted by Crippen LogP contribution is -2.99. The second-order valence-corrected chi connectivity index (χ2v) is 8.38. The summed E-state index contributed by atoms with van der Waals surface area (Å²) in [7, 11) is 1.58. The van der Waals surface area contributed by atoms with Crippen LogP contribution in [0.4, 0.5) is 0 Å². The number of hydroxylamine groups is 2. The highest BCUT2D eigenvalue weighted by atomic mass is 16.8. The molecule has 1 atom stereocenters. The highest BCUT2D eigenvalue weighted by molar-refractivity contribution is 5.93. The standard InChI is InChI=1S/C21H29NO7/c1-20(2,3)15-12-14(27-7)13-16(21(4,5)6)19(15)29-18(24)9-8-17(23)28-11-10-22(25)26/h8-13,22,25H,1-7H3/b9-8+,11-10+. The summed E-state index contributed by atoms with van der Waals surface area (Å²) in [6, 6.07) is 3.65. The van der Waals surface area contributed by atoms with Gasteiger partial charge in [-0.05, 0) is 23.0 Å². The van der Waals surface area contributed by atoms with Crippen molar-refractivity contribution in [1.29, 1.82) is 0 Å². The van der Waals surface area contributed by atoms with E-state index in [9.17, 15) is 14.8 Å². The van der Waals surface area contributed by atoms with E-state index in [0.29, 0.717) is 17.7 Å². The largest absolute Gasteiger partial charge is 0.595 e. The molecule has 0 aliphatic heterocycles. The number of carbonyl (C=O) groups is 2. The van der Waals surface area contributed by atoms with Crippen LogP contribution in [0, 0.1) is 5.21 Å². The third-order valence-corrected chi connectivity index (χ3v) is 3.87. The van der Waals surface area contributed by atoms with Gasteiger partial charge in [-0.25, -0.2) is 14.8 Å². The van der Waals surface area contributed by atoms with Gasteiger partial charge in [0.2, 0.25) is 0 Å². The fourth-order valence-electron chi connectivity index (χ4n) is 2.41. The average Bonchev–Trinajstić information content (AvgIpc) is 2.57. The number of ether oxygens (including phenoxy) is 3. The molecule has 0 aromatic heterocycles. The Morgan fingerprint density at radius 3 is 1.90 bits per heavy atom. The fraction of sp³-hybridized carbons (Fsp3) is 0.429. The van der Waals surface area contributed by atoms with Crippen LogP contribution >= 0.6 is 0 Å². The summed E-state index contributed by atoms with van der Waals surface area (Å²) in [5.74, 6) is -0.588. The van der Waals surface area contributed by atoms with Crippen LogP contribution in [0.3, 0.4) is 0 Å². The summed E-state index contributed by atoms with van der Waals surface area (Å²) in [4.78, 5) is 23.9. The molecule has 0 amide bonds. The van der Waals surface area contributed by atoms with E-state index in [-0.39, 0.29) is 10.8 Å². The van der Waals surface area contributed by atoms with Crippen molar-refractivity contribution < 1.29 is 34.2 Å². The van der Waals surface area contributed by atoms with Gasteiger partial charge < -0.3 is 19.4 Å². The molecule has 8 nitrogen and oxygen atoms in total. The lowest BCUT2D eigenvalue weighted by Gasteiger charge is -2.29. The van der Waals surface area contributed by atoms with Crippen LogP contribution in [0.2, 0.25) is 0 Å². The minimum atomic E-state index is -1.26. The number of hydrogen-bond donors (Lipinski definition) is 2. The molecule has 8 heteroatoms. The Morgan fingerprint density at radius 1 is 1.00 bits per heavy atom. The molecular formula is C21H29NO7. The Kier molecular flexibility index (Phi) is 8.14. The Bertz CT molecular complexity index is 761. The van der Waals surface area contributed by atoms with Gasteiger partial charge in [-0.3, -0.25) is 0 Å². The molecule has 2 N–H and O–H groups in total. The minimum Gasteiger partial charge on any atom is -0.595 e. The Balaban J connectivity index is 3.21. The van der Waals surface area contributed by atoms with Crippen LogP contribution in [-0.4, -0.2) is 24.3 Å². The maximum Gasteiger partial charge on any atom is 0.336 e. The fourth-order valence-corrected chi connectivity index (χ4v) is 2.41. The summed E-state index contributed by atoms with van der Waals surface area (Å²) in [6.07, 6.45) is 3.18. The van der Waals surface area contributed by atoms with Gasteiger partial charge in [0.25, 0.3) is 0 Å². The SMILES string of the molecule is COc1cc(C(C)(C)C)c(OC(=O)/C=C/C(=O)O/C=C/[NH+]([O-])O)c(C(C)(C)C)c1. The molecule has 29 heavy (non-hydrogen) atoms. The summed E-state index contributed by atoms with van der Waals surface area (Å²) in [5, 5.41) is 17.5. The van der Waals surface area contributed by atoms with Gasteiger partial charge in [0.05, 0.1) is 7.11 Å². The zero-order valence-corrected chi connectivity index (χ0v) is 17.9. The van der Waals surface area contributed by atoms with Gasteiger partial charge >= 0.3 is 11.9 Å². The van der Waals surface area contributed by atoms with E-state index in [2.05, 4.69) is 4.74 Å². The second kappa shape index (κ2) is 9.69. The maximum atomic E-state index is 12.4. The minimum absolute atomic E-state index is 0.339. The van der Waals surface area contributed by atoms with Crippen LogP contribution in [0.25, 0.3) is 0 Å². The number of quaternary nitrogens is 1. The lowest BCUT2D eigenvalue weighted by atomic mass is 9.79. The van der Waals surface area contributed by atoms with Crippen molar-refractivity contribution >= 4 is 11.9 Å². The van der Waals surface area contributed by atoms with Gasteiger partial charge in [0.15, 0.2) is 12.5 Å². The first-order valence-electron chi connectivity index (χ1n) is 8.98. The van der Waals surface area contributed by atoms with E-state index in [1.807, 2.05) is 53.7 Å². The van der Waals surface area contributed by atoms with Crippen molar-refractivity contribution in [2.75, 3.05) is 7.11 Å². The molecule has 1 rings (SSSR count). The molecule has 0 aliphatic carbocycles. The van der Waals surface area contributed by atoms with E-state index >= 15 is 0 Å². The van der Waals surface area contributed by atoms with Crippen molar-refractivity contribution in [2.24, 2.45) is 0 Å². The van der Waals surface area contributed by atoms with Gasteiger partial charge in [0, 0.05) is 23.3 Å². The number of nitrogens with one attached hydrogen (secondary N) is 1. The normalized spacial score (nSPS) is 13.6. The smallest absolute Gasteiger partial charge is 0.336 e. The van der Waals surface area contributed by atoms with Gasteiger partial charge in [-0.1, -0.05) is 41.5 Å². The highest BCUT2D eigenvalue weighted by Crippen LogP contribution is 2.42. The molecule has 0 spiro atoms. The van der Waals surface area contributed by atoms with E-state index in [1.165, 1.54) is 0 Å². The van der Waals surface area contributed by atoms with Crippen LogP contribution in [0.1, 0.15) is 52.7 Å². The average molecular weight is 407 g/mol. The zero-order valence-electron chi connectivity index (χ0n) is 17.9. The third kappa shape index (κ3) is 7.69. The molecule has 0 radical (unpaired) electrons. The monoisotopic (exact) mass is 407 g/mol.